The van der Waals surface area contributed by atoms with E-state index in [0.29, 0.717) is 12.2 Å². The molecule has 2 aromatic heterocycles. The first-order valence-corrected chi connectivity index (χ1v) is 8.14. The third-order valence-electron chi connectivity index (χ3n) is 3.27. The Morgan fingerprint density at radius 3 is 2.86 bits per heavy atom. The number of amides is 1. The highest BCUT2D eigenvalue weighted by Gasteiger charge is 2.14. The van der Waals surface area contributed by atoms with E-state index in [1.54, 1.807) is 11.3 Å². The quantitative estimate of drug-likeness (QED) is 0.892. The molecule has 1 amide bonds. The van der Waals surface area contributed by atoms with Gasteiger partial charge in [0.1, 0.15) is 5.69 Å². The maximum Gasteiger partial charge on any atom is 0.270 e. The van der Waals surface area contributed by atoms with Gasteiger partial charge in [0.05, 0.1) is 16.7 Å². The van der Waals surface area contributed by atoms with Crippen LogP contribution >= 0.6 is 11.3 Å². The van der Waals surface area contributed by atoms with E-state index in [4.69, 9.17) is 0 Å². The van der Waals surface area contributed by atoms with Crippen LogP contribution in [0.15, 0.2) is 11.4 Å². The Morgan fingerprint density at radius 1 is 1.48 bits per heavy atom. The summed E-state index contributed by atoms with van der Waals surface area (Å²) in [5.41, 5.74) is 2.62. The van der Waals surface area contributed by atoms with Gasteiger partial charge in [-0.05, 0) is 39.7 Å². The summed E-state index contributed by atoms with van der Waals surface area (Å²) in [4.78, 5) is 16.4. The molecule has 0 aliphatic carbocycles. The fourth-order valence-electron chi connectivity index (χ4n) is 2.25. The second kappa shape index (κ2) is 6.85. The minimum absolute atomic E-state index is 0.109. The van der Waals surface area contributed by atoms with Crippen LogP contribution in [0, 0.1) is 13.8 Å². The molecule has 2 rings (SSSR count). The van der Waals surface area contributed by atoms with Crippen molar-refractivity contribution in [3.05, 3.63) is 33.5 Å². The Hall–Kier alpha value is -1.69. The third-order valence-corrected chi connectivity index (χ3v) is 4.18. The standard InChI is InChI=1S/C15H22N4OS/c1-5-6-14-17-13(9-21-14)15(20)16-8-12(4)19-11(3)7-10(2)18-19/h7,9,12H,5-6,8H2,1-4H3,(H,16,20)/t12-/m0/s1. The summed E-state index contributed by atoms with van der Waals surface area (Å²) in [7, 11) is 0. The van der Waals surface area contributed by atoms with Crippen molar-refractivity contribution in [2.45, 2.75) is 46.6 Å². The fraction of sp³-hybridized carbons (Fsp3) is 0.533. The topological polar surface area (TPSA) is 59.8 Å². The van der Waals surface area contributed by atoms with Gasteiger partial charge in [0.15, 0.2) is 0 Å². The predicted molar refractivity (Wildman–Crippen MR) is 84.9 cm³/mol. The predicted octanol–water partition coefficient (Wildman–Crippen LogP) is 2.90. The normalized spacial score (nSPS) is 12.4. The van der Waals surface area contributed by atoms with Crippen molar-refractivity contribution in [1.82, 2.24) is 20.1 Å². The van der Waals surface area contributed by atoms with Gasteiger partial charge in [-0.15, -0.1) is 11.3 Å². The molecule has 2 aromatic rings. The molecule has 0 aliphatic heterocycles. The minimum atomic E-state index is -0.109. The van der Waals surface area contributed by atoms with Crippen LogP contribution < -0.4 is 5.32 Å². The van der Waals surface area contributed by atoms with E-state index in [2.05, 4.69) is 22.3 Å². The molecule has 0 aliphatic rings. The van der Waals surface area contributed by atoms with Gasteiger partial charge in [0, 0.05) is 17.6 Å². The van der Waals surface area contributed by atoms with Gasteiger partial charge in [-0.2, -0.15) is 5.10 Å². The summed E-state index contributed by atoms with van der Waals surface area (Å²) < 4.78 is 1.94. The molecule has 5 nitrogen and oxygen atoms in total. The first-order valence-electron chi connectivity index (χ1n) is 7.26. The summed E-state index contributed by atoms with van der Waals surface area (Å²) in [6, 6.07) is 2.16. The Kier molecular flexibility index (Phi) is 5.12. The van der Waals surface area contributed by atoms with Crippen molar-refractivity contribution in [2.24, 2.45) is 0 Å². The Morgan fingerprint density at radius 2 is 2.24 bits per heavy atom. The monoisotopic (exact) mass is 306 g/mol. The zero-order valence-corrected chi connectivity index (χ0v) is 13.8. The number of rotatable bonds is 6. The Bertz CT molecular complexity index is 617. The van der Waals surface area contributed by atoms with E-state index in [1.165, 1.54) is 0 Å². The smallest absolute Gasteiger partial charge is 0.270 e. The number of nitrogens with zero attached hydrogens (tertiary/aromatic N) is 3. The van der Waals surface area contributed by atoms with E-state index in [9.17, 15) is 4.79 Å². The number of aryl methyl sites for hydroxylation is 3. The average molecular weight is 306 g/mol. The first-order chi connectivity index (χ1) is 10.0. The summed E-state index contributed by atoms with van der Waals surface area (Å²) in [6.45, 7) is 8.69. The third kappa shape index (κ3) is 3.91. The summed E-state index contributed by atoms with van der Waals surface area (Å²) in [5, 5.41) is 10.2. The number of aromatic nitrogens is 3. The van der Waals surface area contributed by atoms with Crippen molar-refractivity contribution in [3.63, 3.8) is 0 Å². The number of hydrogen-bond acceptors (Lipinski definition) is 4. The second-order valence-electron chi connectivity index (χ2n) is 5.31. The van der Waals surface area contributed by atoms with Crippen molar-refractivity contribution in [2.75, 3.05) is 6.54 Å². The number of nitrogens with one attached hydrogen (secondary N) is 1. The summed E-state index contributed by atoms with van der Waals surface area (Å²) >= 11 is 1.55. The van der Waals surface area contributed by atoms with Crippen LogP contribution in [0.5, 0.6) is 0 Å². The maximum atomic E-state index is 12.1. The number of carbonyl (C=O) groups is 1. The molecule has 0 unspecified atom stereocenters. The van der Waals surface area contributed by atoms with E-state index < -0.39 is 0 Å². The van der Waals surface area contributed by atoms with Gasteiger partial charge in [0.2, 0.25) is 0 Å². The largest absolute Gasteiger partial charge is 0.349 e. The zero-order valence-electron chi connectivity index (χ0n) is 13.0. The molecule has 0 radical (unpaired) electrons. The highest BCUT2D eigenvalue weighted by Crippen LogP contribution is 2.13. The molecule has 0 aromatic carbocycles. The molecule has 0 saturated carbocycles. The molecule has 2 heterocycles. The zero-order chi connectivity index (χ0) is 15.4. The van der Waals surface area contributed by atoms with Gasteiger partial charge < -0.3 is 5.32 Å². The van der Waals surface area contributed by atoms with Crippen molar-refractivity contribution < 1.29 is 4.79 Å². The molecule has 0 spiro atoms. The Balaban J connectivity index is 1.92. The van der Waals surface area contributed by atoms with Crippen LogP contribution in [0.4, 0.5) is 0 Å². The highest BCUT2D eigenvalue weighted by atomic mass is 32.1. The molecule has 1 atom stereocenters. The summed E-state index contributed by atoms with van der Waals surface area (Å²) in [6.07, 6.45) is 1.98. The van der Waals surface area contributed by atoms with Crippen LogP contribution in [-0.2, 0) is 6.42 Å². The highest BCUT2D eigenvalue weighted by molar-refractivity contribution is 7.09. The molecular weight excluding hydrogens is 284 g/mol. The number of thiazole rings is 1. The fourth-order valence-corrected chi connectivity index (χ4v) is 3.13. The lowest BCUT2D eigenvalue weighted by Gasteiger charge is -2.14. The second-order valence-corrected chi connectivity index (χ2v) is 6.25. The Labute approximate surface area is 129 Å². The van der Waals surface area contributed by atoms with Crippen LogP contribution in [-0.4, -0.2) is 27.2 Å². The van der Waals surface area contributed by atoms with Crippen LogP contribution in [0.25, 0.3) is 0 Å². The van der Waals surface area contributed by atoms with Gasteiger partial charge >= 0.3 is 0 Å². The van der Waals surface area contributed by atoms with Gasteiger partial charge in [-0.3, -0.25) is 9.48 Å². The van der Waals surface area contributed by atoms with E-state index in [0.717, 1.165) is 29.2 Å². The molecule has 114 valence electrons. The van der Waals surface area contributed by atoms with Crippen molar-refractivity contribution in [3.8, 4) is 0 Å². The van der Waals surface area contributed by atoms with Crippen LogP contribution in [0.1, 0.15) is 53.2 Å². The SMILES string of the molecule is CCCc1nc(C(=O)NC[C@H](C)n2nc(C)cc2C)cs1. The maximum absolute atomic E-state index is 12.1. The first kappa shape index (κ1) is 15.7. The molecule has 21 heavy (non-hydrogen) atoms. The van der Waals surface area contributed by atoms with Crippen LogP contribution in [0.3, 0.4) is 0 Å². The van der Waals surface area contributed by atoms with Crippen LogP contribution in [0.2, 0.25) is 0 Å². The van der Waals surface area contributed by atoms with Crippen molar-refractivity contribution >= 4 is 17.2 Å². The lowest BCUT2D eigenvalue weighted by atomic mass is 10.3. The minimum Gasteiger partial charge on any atom is -0.349 e. The lowest BCUT2D eigenvalue weighted by molar-refractivity contribution is 0.0943. The van der Waals surface area contributed by atoms with Gasteiger partial charge in [0.25, 0.3) is 5.91 Å². The van der Waals surface area contributed by atoms with E-state index in [-0.39, 0.29) is 11.9 Å². The van der Waals surface area contributed by atoms with E-state index >= 15 is 0 Å². The van der Waals surface area contributed by atoms with Gasteiger partial charge in [-0.1, -0.05) is 6.92 Å². The average Bonchev–Trinajstić information content (AvgIpc) is 3.03. The summed E-state index contributed by atoms with van der Waals surface area (Å²) in [5.74, 6) is -0.109. The molecule has 0 bridgehead atoms. The number of carbonyl (C=O) groups excluding carboxylic acids is 1. The molecular formula is C15H22N4OS. The van der Waals surface area contributed by atoms with E-state index in [1.807, 2.05) is 36.9 Å². The molecule has 6 heteroatoms. The number of hydrogen-bond donors (Lipinski definition) is 1. The molecule has 0 saturated heterocycles. The molecule has 0 fully saturated rings. The molecule has 1 N–H and O–H groups in total. The van der Waals surface area contributed by atoms with Gasteiger partial charge in [-0.25, -0.2) is 4.98 Å². The lowest BCUT2D eigenvalue weighted by Crippen LogP contribution is -2.30. The van der Waals surface area contributed by atoms with Crippen molar-refractivity contribution in [1.29, 1.82) is 0 Å².